The molecule has 0 fully saturated rings. The van der Waals surface area contributed by atoms with Gasteiger partial charge in [0.1, 0.15) is 0 Å². The lowest BCUT2D eigenvalue weighted by atomic mass is 9.94. The summed E-state index contributed by atoms with van der Waals surface area (Å²) in [4.78, 5) is 8.64. The third kappa shape index (κ3) is 2.17. The molecular weight excluding hydrogens is 246 g/mol. The number of aryl methyl sites for hydroxylation is 1. The normalized spacial score (nSPS) is 12.5. The van der Waals surface area contributed by atoms with Crippen molar-refractivity contribution in [1.29, 1.82) is 0 Å². The molecule has 3 aromatic rings. The lowest BCUT2D eigenvalue weighted by Gasteiger charge is -2.20. The average molecular weight is 263 g/mol. The van der Waals surface area contributed by atoms with Gasteiger partial charge in [-0.25, -0.2) is 0 Å². The molecule has 0 aliphatic rings. The number of aromatic nitrogens is 2. The minimum absolute atomic E-state index is 0.0994. The van der Waals surface area contributed by atoms with Gasteiger partial charge in [-0.1, -0.05) is 24.3 Å². The van der Waals surface area contributed by atoms with Crippen LogP contribution in [0.3, 0.4) is 0 Å². The molecule has 0 radical (unpaired) electrons. The van der Waals surface area contributed by atoms with E-state index < -0.39 is 0 Å². The van der Waals surface area contributed by atoms with Crippen LogP contribution in [0.4, 0.5) is 0 Å². The predicted molar refractivity (Wildman–Crippen MR) is 81.6 cm³/mol. The smallest absolute Gasteiger partial charge is 0.0613 e. The maximum absolute atomic E-state index is 4.38. The van der Waals surface area contributed by atoms with Crippen molar-refractivity contribution in [1.82, 2.24) is 15.3 Å². The Balaban J connectivity index is 2.20. The Morgan fingerprint density at radius 2 is 1.75 bits per heavy atom. The van der Waals surface area contributed by atoms with Crippen molar-refractivity contribution in [2.45, 2.75) is 13.0 Å². The number of hydrogen-bond donors (Lipinski definition) is 1. The standard InChI is InChI=1S/C17H17N3/c1-12-7-8-19-10-15(12)17(18-2)16-11-20-9-13-5-3-4-6-14(13)16/h3-11,17-18H,1-2H3. The van der Waals surface area contributed by atoms with Crippen LogP contribution in [-0.4, -0.2) is 17.0 Å². The summed E-state index contributed by atoms with van der Waals surface area (Å²) >= 11 is 0. The number of benzene rings is 1. The van der Waals surface area contributed by atoms with Crippen molar-refractivity contribution < 1.29 is 0 Å². The third-order valence-corrected chi connectivity index (χ3v) is 3.69. The summed E-state index contributed by atoms with van der Waals surface area (Å²) in [5, 5.41) is 5.77. The van der Waals surface area contributed by atoms with Gasteiger partial charge in [0.2, 0.25) is 0 Å². The van der Waals surface area contributed by atoms with Gasteiger partial charge in [-0.2, -0.15) is 0 Å². The van der Waals surface area contributed by atoms with Crippen molar-refractivity contribution in [2.75, 3.05) is 7.05 Å². The van der Waals surface area contributed by atoms with Crippen LogP contribution < -0.4 is 5.32 Å². The van der Waals surface area contributed by atoms with Crippen molar-refractivity contribution in [2.24, 2.45) is 0 Å². The van der Waals surface area contributed by atoms with Crippen LogP contribution in [0.2, 0.25) is 0 Å². The fourth-order valence-electron chi connectivity index (χ4n) is 2.63. The number of hydrogen-bond acceptors (Lipinski definition) is 3. The average Bonchev–Trinajstić information content (AvgIpc) is 2.50. The molecule has 1 atom stereocenters. The zero-order valence-electron chi connectivity index (χ0n) is 11.7. The molecule has 3 heteroatoms. The molecule has 0 amide bonds. The Morgan fingerprint density at radius 1 is 0.950 bits per heavy atom. The highest BCUT2D eigenvalue weighted by Crippen LogP contribution is 2.28. The molecule has 0 saturated heterocycles. The topological polar surface area (TPSA) is 37.8 Å². The van der Waals surface area contributed by atoms with Crippen LogP contribution in [0.15, 0.2) is 55.1 Å². The minimum Gasteiger partial charge on any atom is -0.309 e. The first-order chi connectivity index (χ1) is 9.81. The van der Waals surface area contributed by atoms with Gasteiger partial charge in [-0.15, -0.1) is 0 Å². The van der Waals surface area contributed by atoms with E-state index in [2.05, 4.69) is 40.4 Å². The van der Waals surface area contributed by atoms with Gasteiger partial charge in [-0.05, 0) is 42.1 Å². The summed E-state index contributed by atoms with van der Waals surface area (Å²) in [7, 11) is 1.97. The highest BCUT2D eigenvalue weighted by molar-refractivity contribution is 5.85. The molecule has 0 spiro atoms. The first kappa shape index (κ1) is 12.8. The maximum Gasteiger partial charge on any atom is 0.0613 e. The van der Waals surface area contributed by atoms with Gasteiger partial charge in [0.25, 0.3) is 0 Å². The van der Waals surface area contributed by atoms with Gasteiger partial charge in [0.05, 0.1) is 6.04 Å². The number of nitrogens with one attached hydrogen (secondary N) is 1. The summed E-state index contributed by atoms with van der Waals surface area (Å²) in [5.41, 5.74) is 3.60. The molecule has 3 nitrogen and oxygen atoms in total. The number of pyridine rings is 2. The second-order valence-corrected chi connectivity index (χ2v) is 4.90. The predicted octanol–water partition coefficient (Wildman–Crippen LogP) is 3.25. The number of fused-ring (bicyclic) bond motifs is 1. The molecule has 0 aliphatic carbocycles. The number of rotatable bonds is 3. The quantitative estimate of drug-likeness (QED) is 0.788. The first-order valence-electron chi connectivity index (χ1n) is 6.71. The molecular formula is C17H17N3. The summed E-state index contributed by atoms with van der Waals surface area (Å²) in [5.74, 6) is 0. The Kier molecular flexibility index (Phi) is 3.44. The molecule has 1 N–H and O–H groups in total. The largest absolute Gasteiger partial charge is 0.309 e. The Bertz CT molecular complexity index is 732. The second-order valence-electron chi connectivity index (χ2n) is 4.90. The fraction of sp³-hybridized carbons (Fsp3) is 0.176. The Morgan fingerprint density at radius 3 is 2.55 bits per heavy atom. The molecule has 0 saturated carbocycles. The lowest BCUT2D eigenvalue weighted by Crippen LogP contribution is -2.19. The number of nitrogens with zero attached hydrogens (tertiary/aromatic N) is 2. The molecule has 100 valence electrons. The van der Waals surface area contributed by atoms with E-state index in [0.717, 1.165) is 5.39 Å². The molecule has 2 aromatic heterocycles. The van der Waals surface area contributed by atoms with Crippen LogP contribution in [0.1, 0.15) is 22.7 Å². The SMILES string of the molecule is CNC(c1cnccc1C)c1cncc2ccccc12. The molecule has 2 heterocycles. The maximum atomic E-state index is 4.38. The van der Waals surface area contributed by atoms with E-state index in [1.807, 2.05) is 44.0 Å². The summed E-state index contributed by atoms with van der Waals surface area (Å²) in [6, 6.07) is 10.5. The van der Waals surface area contributed by atoms with Gasteiger partial charge in [0, 0.05) is 30.2 Å². The second kappa shape index (κ2) is 5.39. The van der Waals surface area contributed by atoms with Crippen LogP contribution in [0, 0.1) is 6.92 Å². The van der Waals surface area contributed by atoms with E-state index in [0.29, 0.717) is 0 Å². The molecule has 0 aliphatic heterocycles. The molecule has 20 heavy (non-hydrogen) atoms. The van der Waals surface area contributed by atoms with E-state index in [-0.39, 0.29) is 6.04 Å². The Labute approximate surface area is 118 Å². The van der Waals surface area contributed by atoms with Gasteiger partial charge < -0.3 is 5.32 Å². The zero-order chi connectivity index (χ0) is 13.9. The van der Waals surface area contributed by atoms with E-state index in [4.69, 9.17) is 0 Å². The monoisotopic (exact) mass is 263 g/mol. The minimum atomic E-state index is 0.0994. The van der Waals surface area contributed by atoms with Gasteiger partial charge in [0.15, 0.2) is 0 Å². The third-order valence-electron chi connectivity index (χ3n) is 3.69. The van der Waals surface area contributed by atoms with Crippen LogP contribution in [-0.2, 0) is 0 Å². The first-order valence-corrected chi connectivity index (χ1v) is 6.71. The van der Waals surface area contributed by atoms with E-state index in [1.165, 1.54) is 22.1 Å². The molecule has 3 rings (SSSR count). The van der Waals surface area contributed by atoms with Crippen molar-refractivity contribution in [3.8, 4) is 0 Å². The molecule has 1 aromatic carbocycles. The summed E-state index contributed by atoms with van der Waals surface area (Å²) < 4.78 is 0. The van der Waals surface area contributed by atoms with Crippen molar-refractivity contribution in [3.05, 3.63) is 71.8 Å². The summed E-state index contributed by atoms with van der Waals surface area (Å²) in [6.07, 6.45) is 7.60. The van der Waals surface area contributed by atoms with Crippen molar-refractivity contribution >= 4 is 10.8 Å². The van der Waals surface area contributed by atoms with Crippen LogP contribution in [0.5, 0.6) is 0 Å². The highest BCUT2D eigenvalue weighted by Gasteiger charge is 2.17. The highest BCUT2D eigenvalue weighted by atomic mass is 14.9. The summed E-state index contributed by atoms with van der Waals surface area (Å²) in [6.45, 7) is 2.11. The molecule has 1 unspecified atom stereocenters. The Hall–Kier alpha value is -2.26. The molecule has 0 bridgehead atoms. The van der Waals surface area contributed by atoms with Crippen LogP contribution in [0.25, 0.3) is 10.8 Å². The zero-order valence-corrected chi connectivity index (χ0v) is 11.7. The van der Waals surface area contributed by atoms with Gasteiger partial charge >= 0.3 is 0 Å². The van der Waals surface area contributed by atoms with E-state index in [9.17, 15) is 0 Å². The lowest BCUT2D eigenvalue weighted by molar-refractivity contribution is 0.686. The fourth-order valence-corrected chi connectivity index (χ4v) is 2.63. The van der Waals surface area contributed by atoms with E-state index >= 15 is 0 Å². The van der Waals surface area contributed by atoms with E-state index in [1.54, 1.807) is 0 Å². The van der Waals surface area contributed by atoms with Crippen LogP contribution >= 0.6 is 0 Å². The van der Waals surface area contributed by atoms with Gasteiger partial charge in [-0.3, -0.25) is 9.97 Å². The van der Waals surface area contributed by atoms with Crippen molar-refractivity contribution in [3.63, 3.8) is 0 Å².